The second kappa shape index (κ2) is 22.0. The summed E-state index contributed by atoms with van der Waals surface area (Å²) in [6, 6.07) is 2.44. The Balaban J connectivity index is -0.0000000208. The van der Waals surface area contributed by atoms with Crippen molar-refractivity contribution in [3.05, 3.63) is 24.5 Å². The van der Waals surface area contributed by atoms with Crippen molar-refractivity contribution in [1.82, 2.24) is 4.98 Å². The van der Waals surface area contributed by atoms with E-state index in [1.165, 1.54) is 24.5 Å². The molecule has 1 heterocycles. The molecule has 1 aromatic heterocycles. The molecule has 112 valence electrons. The summed E-state index contributed by atoms with van der Waals surface area (Å²) in [5.41, 5.74) is 0. The Morgan fingerprint density at radius 2 is 1.11 bits per heavy atom. The van der Waals surface area contributed by atoms with Crippen LogP contribution in [0.5, 0.6) is 0 Å². The van der Waals surface area contributed by atoms with E-state index >= 15 is 0 Å². The number of rotatable bonds is 1. The van der Waals surface area contributed by atoms with Gasteiger partial charge in [0.1, 0.15) is 0 Å². The van der Waals surface area contributed by atoms with Crippen molar-refractivity contribution in [3.8, 4) is 0 Å². The summed E-state index contributed by atoms with van der Waals surface area (Å²) in [6.45, 7) is 0. The van der Waals surface area contributed by atoms with Crippen molar-refractivity contribution < 1.29 is 51.3 Å². The van der Waals surface area contributed by atoms with E-state index in [1.54, 1.807) is 0 Å². The van der Waals surface area contributed by atoms with Crippen molar-refractivity contribution >= 4 is 39.7 Å². The Hall–Kier alpha value is -0.220. The number of hydrogen-bond donors (Lipinski definition) is 1. The summed E-state index contributed by atoms with van der Waals surface area (Å²) in [5, 5.41) is 0. The normalized spacial score (nSPS) is 6.28. The monoisotopic (exact) mass is 309 g/mol. The zero-order chi connectivity index (χ0) is 7.61. The summed E-state index contributed by atoms with van der Waals surface area (Å²) in [5.74, 6) is 0. The van der Waals surface area contributed by atoms with E-state index in [2.05, 4.69) is 4.98 Å². The Labute approximate surface area is 125 Å². The van der Waals surface area contributed by atoms with Gasteiger partial charge in [0, 0.05) is 12.4 Å². The molecule has 0 aliphatic carbocycles. The Kier molecular flexibility index (Phi) is 64.0. The summed E-state index contributed by atoms with van der Waals surface area (Å²) in [7, 11) is -4.04. The van der Waals surface area contributed by atoms with Gasteiger partial charge in [-0.15, -0.1) is 0 Å². The van der Waals surface area contributed by atoms with Crippen LogP contribution in [0, 0.1) is 0 Å². The summed E-state index contributed by atoms with van der Waals surface area (Å²) < 4.78 is 29.2. The van der Waals surface area contributed by atoms with Gasteiger partial charge in [0.2, 0.25) is 0 Å². The molecular formula is C5H20NNaO10S. The zero-order valence-corrected chi connectivity index (χ0v) is 9.25. The summed E-state index contributed by atoms with van der Waals surface area (Å²) in [6.07, 6.45) is 2.59. The molecule has 0 radical (unpaired) electrons. The fourth-order valence-corrected chi connectivity index (χ4v) is 0.976. The van der Waals surface area contributed by atoms with Gasteiger partial charge < -0.3 is 38.3 Å². The Bertz CT molecular complexity index is 318. The molecule has 0 amide bonds. The van der Waals surface area contributed by atoms with Crippen molar-refractivity contribution in [1.29, 1.82) is 0 Å². The molecule has 11 nitrogen and oxygen atoms in total. The predicted molar refractivity (Wildman–Crippen MR) is 66.5 cm³/mol. The van der Waals surface area contributed by atoms with Crippen LogP contribution in [0.2, 0.25) is 0 Å². The first-order chi connectivity index (χ1) is 4.61. The van der Waals surface area contributed by atoms with Crippen LogP contribution in [0.15, 0.2) is 29.4 Å². The standard InChI is InChI=1S/C5H5NO3S.Na.7H2O.H/c7-10(8,9)5-1-3-6-4-2-5;;;;;;;;;/h1-4H,(H,7,8,9);;7*1H2;. The molecule has 18 heavy (non-hydrogen) atoms. The molecule has 0 saturated heterocycles. The van der Waals surface area contributed by atoms with Gasteiger partial charge in [-0.05, 0) is 12.1 Å². The molecule has 1 aromatic rings. The molecule has 15 N–H and O–H groups in total. The van der Waals surface area contributed by atoms with Crippen LogP contribution >= 0.6 is 0 Å². The second-order valence-corrected chi connectivity index (χ2v) is 3.08. The van der Waals surface area contributed by atoms with Crippen LogP contribution in [-0.2, 0) is 10.1 Å². The second-order valence-electron chi connectivity index (χ2n) is 1.66. The third-order valence-corrected chi connectivity index (χ3v) is 1.82. The number of hydrogen-bond acceptors (Lipinski definition) is 3. The van der Waals surface area contributed by atoms with E-state index in [-0.39, 0.29) is 72.8 Å². The van der Waals surface area contributed by atoms with Crippen molar-refractivity contribution in [2.45, 2.75) is 4.90 Å². The summed E-state index contributed by atoms with van der Waals surface area (Å²) >= 11 is 0. The first-order valence-electron chi connectivity index (χ1n) is 2.48. The quantitative estimate of drug-likeness (QED) is 0.390. The van der Waals surface area contributed by atoms with Crippen LogP contribution in [0.4, 0.5) is 0 Å². The average Bonchev–Trinajstić information content (AvgIpc) is 1.88. The first-order valence-corrected chi connectivity index (χ1v) is 3.92. The minimum atomic E-state index is -4.04. The minimum absolute atomic E-state index is 0. The zero-order valence-electron chi connectivity index (χ0n) is 8.43. The number of nitrogens with zero attached hydrogens (tertiary/aromatic N) is 1. The average molecular weight is 309 g/mol. The van der Waals surface area contributed by atoms with Crippen LogP contribution in [0.1, 0.15) is 0 Å². The van der Waals surface area contributed by atoms with Crippen LogP contribution in [-0.4, -0.2) is 85.8 Å². The molecule has 1 rings (SSSR count). The van der Waals surface area contributed by atoms with E-state index in [4.69, 9.17) is 4.55 Å². The van der Waals surface area contributed by atoms with E-state index in [0.29, 0.717) is 0 Å². The predicted octanol–water partition coefficient (Wildman–Crippen LogP) is -6.09. The molecule has 13 heteroatoms. The molecule has 0 aliphatic heterocycles. The Morgan fingerprint density at radius 1 is 0.833 bits per heavy atom. The van der Waals surface area contributed by atoms with Gasteiger partial charge in [-0.2, -0.15) is 8.42 Å². The van der Waals surface area contributed by atoms with Gasteiger partial charge in [-0.25, -0.2) is 0 Å². The van der Waals surface area contributed by atoms with Crippen molar-refractivity contribution in [2.75, 3.05) is 0 Å². The van der Waals surface area contributed by atoms with E-state index in [9.17, 15) is 8.42 Å². The Morgan fingerprint density at radius 3 is 1.28 bits per heavy atom. The van der Waals surface area contributed by atoms with E-state index in [0.717, 1.165) is 0 Å². The van der Waals surface area contributed by atoms with Gasteiger partial charge in [0.05, 0.1) is 4.90 Å². The molecular weight excluding hydrogens is 289 g/mol. The number of pyridine rings is 1. The maximum atomic E-state index is 10.4. The van der Waals surface area contributed by atoms with E-state index in [1.807, 2.05) is 0 Å². The van der Waals surface area contributed by atoms with Crippen molar-refractivity contribution in [3.63, 3.8) is 0 Å². The molecule has 0 unspecified atom stereocenters. The van der Waals surface area contributed by atoms with Crippen LogP contribution < -0.4 is 0 Å². The molecule has 0 fully saturated rings. The van der Waals surface area contributed by atoms with Crippen LogP contribution in [0.25, 0.3) is 0 Å². The maximum absolute atomic E-state index is 10.4. The first kappa shape index (κ1) is 52.3. The van der Waals surface area contributed by atoms with Gasteiger partial charge in [-0.1, -0.05) is 0 Å². The molecule has 0 saturated carbocycles. The van der Waals surface area contributed by atoms with Gasteiger partial charge >= 0.3 is 29.6 Å². The molecule has 0 aromatic carbocycles. The number of aromatic nitrogens is 1. The third-order valence-electron chi connectivity index (χ3n) is 0.948. The van der Waals surface area contributed by atoms with Crippen LogP contribution in [0.3, 0.4) is 0 Å². The van der Waals surface area contributed by atoms with Crippen molar-refractivity contribution in [2.24, 2.45) is 0 Å². The van der Waals surface area contributed by atoms with E-state index < -0.39 is 10.1 Å². The summed E-state index contributed by atoms with van der Waals surface area (Å²) in [4.78, 5) is 3.45. The third kappa shape index (κ3) is 18.2. The van der Waals surface area contributed by atoms with Gasteiger partial charge in [0.15, 0.2) is 0 Å². The molecule has 0 aliphatic rings. The molecule has 0 bridgehead atoms. The fraction of sp³-hybridized carbons (Fsp3) is 0. The SMILES string of the molecule is O.O.O.O.O.O.O.O=S(=O)(O)c1ccncc1.[NaH]. The van der Waals surface area contributed by atoms with Gasteiger partial charge in [-0.3, -0.25) is 9.54 Å². The fourth-order valence-electron chi connectivity index (χ4n) is 0.510. The topological polar surface area (TPSA) is 288 Å². The molecule has 0 atom stereocenters. The van der Waals surface area contributed by atoms with Gasteiger partial charge in [0.25, 0.3) is 10.1 Å². The molecule has 0 spiro atoms.